The van der Waals surface area contributed by atoms with Gasteiger partial charge in [0, 0.05) is 66.6 Å². The number of para-hydroxylation sites is 4. The number of benzene rings is 8. The Morgan fingerprint density at radius 2 is 1.32 bits per heavy atom. The summed E-state index contributed by atoms with van der Waals surface area (Å²) in [5, 5.41) is 0.731. The molecule has 362 valence electrons. The number of hydrogen-bond donors (Lipinski definition) is 0. The number of rotatable bonds is 5. The summed E-state index contributed by atoms with van der Waals surface area (Å²) in [6.07, 6.45) is -2.09. The second-order valence-corrected chi connectivity index (χ2v) is 20.6. The van der Waals surface area contributed by atoms with Gasteiger partial charge in [0.25, 0.3) is 0 Å². The zero-order chi connectivity index (χ0) is 59.7. The van der Waals surface area contributed by atoms with Gasteiger partial charge in [-0.15, -0.1) is 0 Å². The molecule has 2 aromatic heterocycles. The van der Waals surface area contributed by atoms with Crippen LogP contribution in [-0.4, -0.2) is 16.2 Å². The Morgan fingerprint density at radius 3 is 2.10 bits per heavy atom. The van der Waals surface area contributed by atoms with E-state index in [1.54, 1.807) is 47.0 Å². The van der Waals surface area contributed by atoms with E-state index in [4.69, 9.17) is 22.7 Å². The highest BCUT2D eigenvalue weighted by molar-refractivity contribution is 6.09. The van der Waals surface area contributed by atoms with Crippen LogP contribution in [0.4, 0.5) is 22.7 Å². The van der Waals surface area contributed by atoms with Gasteiger partial charge in [0.15, 0.2) is 0 Å². The van der Waals surface area contributed by atoms with Crippen LogP contribution in [0.5, 0.6) is 23.0 Å². The summed E-state index contributed by atoms with van der Waals surface area (Å²) in [6, 6.07) is 45.7. The van der Waals surface area contributed by atoms with Gasteiger partial charge >= 0.3 is 0 Å². The average molecular weight is 966 g/mol. The Labute approximate surface area is 445 Å². The molecule has 10 aromatic rings. The molecule has 6 nitrogen and oxygen atoms in total. The summed E-state index contributed by atoms with van der Waals surface area (Å²) in [7, 11) is 0. The fraction of sp³-hybridized carbons (Fsp3) is 0.209. The molecule has 73 heavy (non-hydrogen) atoms. The lowest BCUT2D eigenvalue weighted by atomic mass is 9.82. The second kappa shape index (κ2) is 18.2. The highest BCUT2D eigenvalue weighted by Gasteiger charge is 2.33. The number of pyridine rings is 1. The third-order valence-electron chi connectivity index (χ3n) is 13.6. The molecule has 14 rings (SSSR count). The van der Waals surface area contributed by atoms with Crippen LogP contribution in [0.2, 0.25) is 0 Å². The van der Waals surface area contributed by atoms with E-state index >= 15 is 0 Å². The smallest absolute Gasteiger partial charge is 0.137 e. The van der Waals surface area contributed by atoms with Crippen LogP contribution in [0.3, 0.4) is 0 Å². The van der Waals surface area contributed by atoms with Crippen molar-refractivity contribution in [2.24, 2.45) is 11.8 Å². The molecule has 0 aliphatic carbocycles. The van der Waals surface area contributed by atoms with Crippen LogP contribution in [0, 0.1) is 18.7 Å². The van der Waals surface area contributed by atoms with Gasteiger partial charge in [0.2, 0.25) is 0 Å². The maximum Gasteiger partial charge on any atom is 0.137 e. The predicted molar refractivity (Wildman–Crippen MR) is 304 cm³/mol. The second-order valence-electron chi connectivity index (χ2n) is 20.6. The largest absolute Gasteiger partial charge is 0.457 e. The lowest BCUT2D eigenvalue weighted by molar-refractivity contribution is 0.483. The zero-order valence-electron chi connectivity index (χ0n) is 53.0. The molecule has 0 fully saturated rings. The fourth-order valence-electron chi connectivity index (χ4n) is 10.3. The third kappa shape index (κ3) is 8.59. The van der Waals surface area contributed by atoms with Gasteiger partial charge in [-0.05, 0) is 149 Å². The number of nitrogens with zero attached hydrogens (tertiary/aromatic N) is 4. The number of hydrogen-bond acceptors (Lipinski definition) is 5. The minimum absolute atomic E-state index is 0.0355. The topological polar surface area (TPSA) is 42.8 Å². The van der Waals surface area contributed by atoms with E-state index in [-0.39, 0.29) is 47.0 Å². The molecule has 0 unspecified atom stereocenters. The summed E-state index contributed by atoms with van der Waals surface area (Å²) < 4.78 is 116. The Balaban J connectivity index is 1.15. The molecule has 0 N–H and O–H groups in total. The van der Waals surface area contributed by atoms with Gasteiger partial charge in [-0.2, -0.15) is 0 Å². The molecule has 0 radical (unpaired) electrons. The van der Waals surface area contributed by atoms with Crippen molar-refractivity contribution < 1.29 is 24.6 Å². The van der Waals surface area contributed by atoms with Gasteiger partial charge in [-0.3, -0.25) is 4.57 Å². The molecule has 6 heterocycles. The Hall–Kier alpha value is -8.09. The minimum atomic E-state index is -2.67. The van der Waals surface area contributed by atoms with Crippen molar-refractivity contribution >= 4 is 44.6 Å². The van der Waals surface area contributed by atoms with Crippen molar-refractivity contribution in [3.63, 3.8) is 0 Å². The summed E-state index contributed by atoms with van der Waals surface area (Å²) in [5.74, 6) is 1.06. The molecule has 6 heteroatoms. The number of aryl methyl sites for hydroxylation is 1. The highest BCUT2D eigenvalue weighted by Crippen LogP contribution is 2.53. The lowest BCUT2D eigenvalue weighted by Gasteiger charge is -2.30. The number of aromatic nitrogens is 2. The van der Waals surface area contributed by atoms with E-state index in [1.165, 1.54) is 12.3 Å². The Morgan fingerprint density at radius 1 is 0.603 bits per heavy atom. The molecule has 4 aliphatic rings. The summed E-state index contributed by atoms with van der Waals surface area (Å²) in [4.78, 5) is 9.29. The van der Waals surface area contributed by atoms with E-state index < -0.39 is 43.0 Å². The molecule has 8 aromatic carbocycles. The molecule has 0 atom stereocenters. The van der Waals surface area contributed by atoms with Crippen molar-refractivity contribution in [1.29, 1.82) is 0 Å². The number of anilines is 4. The van der Waals surface area contributed by atoms with Crippen LogP contribution in [0.15, 0.2) is 182 Å². The minimum Gasteiger partial charge on any atom is -0.457 e. The van der Waals surface area contributed by atoms with E-state index in [2.05, 4.69) is 48.8 Å². The summed E-state index contributed by atoms with van der Waals surface area (Å²) in [6.45, 7) is 11.5. The van der Waals surface area contributed by atoms with Gasteiger partial charge in [-0.1, -0.05) is 133 Å². The fourth-order valence-corrected chi connectivity index (χ4v) is 10.3. The summed E-state index contributed by atoms with van der Waals surface area (Å²) >= 11 is 0. The van der Waals surface area contributed by atoms with E-state index in [0.717, 1.165) is 33.9 Å². The maximum absolute atomic E-state index is 9.77. The zero-order valence-corrected chi connectivity index (χ0v) is 42.0. The molecule has 4 aliphatic heterocycles. The first-order valence-electron chi connectivity index (χ1n) is 30.4. The average Bonchev–Trinajstić information content (AvgIpc) is 1.71. The third-order valence-corrected chi connectivity index (χ3v) is 13.6. The SMILES string of the molecule is [2H]c1c([2H])c([2H])c2c(c1[2H])c1ccc3cc1n2-c1cc(C([2H])([2H])[2H])c(cn1)-c1ccc(cc1)Oc1ccccc1-c1cc(C([2H])([2H])C(C)C)cc(-c2cc(C(C)(C)C)cc(C([2H])([2H])C(C)C)c2)c1N1CN(c2cccc(c2)O3)c2ccccc21. The van der Waals surface area contributed by atoms with Crippen LogP contribution >= 0.6 is 0 Å². The Bertz CT molecular complexity index is 4300. The van der Waals surface area contributed by atoms with E-state index in [1.807, 2.05) is 113 Å². The molecule has 0 saturated carbocycles. The van der Waals surface area contributed by atoms with Crippen molar-refractivity contribution in [3.8, 4) is 62.2 Å². The van der Waals surface area contributed by atoms with Crippen LogP contribution in [-0.2, 0) is 18.2 Å². The molecular weight excluding hydrogens is 893 g/mol. The van der Waals surface area contributed by atoms with E-state index in [0.29, 0.717) is 72.8 Å². The van der Waals surface area contributed by atoms with Crippen molar-refractivity contribution in [1.82, 2.24) is 9.55 Å². The monoisotopic (exact) mass is 966 g/mol. The molecular formula is C67H62N4O2. The quantitative estimate of drug-likeness (QED) is 0.172. The summed E-state index contributed by atoms with van der Waals surface area (Å²) in [5.41, 5.74) is 8.85. The highest BCUT2D eigenvalue weighted by atomic mass is 16.5. The first-order valence-corrected chi connectivity index (χ1v) is 24.9. The van der Waals surface area contributed by atoms with Gasteiger partial charge in [-0.25, -0.2) is 4.98 Å². The van der Waals surface area contributed by atoms with Crippen molar-refractivity contribution in [3.05, 3.63) is 204 Å². The normalized spacial score (nSPS) is 15.9. The maximum atomic E-state index is 9.77. The van der Waals surface area contributed by atoms with Gasteiger partial charge in [0.05, 0.1) is 33.6 Å². The van der Waals surface area contributed by atoms with Crippen LogP contribution in [0.25, 0.3) is 61.0 Å². The first-order chi connectivity index (χ1) is 39.7. The Kier molecular flexibility index (Phi) is 8.75. The first kappa shape index (κ1) is 35.1. The van der Waals surface area contributed by atoms with Gasteiger partial charge < -0.3 is 19.3 Å². The molecule has 0 saturated heterocycles. The number of fused-ring (bicyclic) bond motifs is 5. The van der Waals surface area contributed by atoms with E-state index in [9.17, 15) is 6.85 Å². The lowest BCUT2D eigenvalue weighted by Crippen LogP contribution is -2.25. The van der Waals surface area contributed by atoms with Crippen LogP contribution in [0.1, 0.15) is 85.8 Å². The van der Waals surface area contributed by atoms with Crippen molar-refractivity contribution in [2.75, 3.05) is 16.5 Å². The van der Waals surface area contributed by atoms with Gasteiger partial charge in [0.1, 0.15) is 35.5 Å². The molecule has 0 spiro atoms. The standard InChI is InChI=1S/C67H62N4O2/c1-42(2)30-45-33-48(37-49(34-45)67(6,7)8)57-35-46(31-43(3)4)36-58-56-19-10-14-23-64(56)73-51-26-24-47(25-27-51)59-40-68-65(32-44(59)5)71-60-20-11-9-18-54(60)55-29-28-53(39-63(55)71)72-52-17-15-16-50(38-52)69-41-70(66(57)58)62-22-13-12-21-61(62)69/h9-29,32-40,42-43H,30-31,41H2,1-8H3/i5D3,9D,11D,18D,20D,30D2,31D2. The predicted octanol–water partition coefficient (Wildman–Crippen LogP) is 18.3. The van der Waals surface area contributed by atoms with Crippen molar-refractivity contribution in [2.45, 2.75) is 73.5 Å². The van der Waals surface area contributed by atoms with Crippen LogP contribution < -0.4 is 19.3 Å². The molecule has 10 bridgehead atoms. The molecule has 0 amide bonds. The number of ether oxygens (including phenoxy) is 2.